The number of halogens is 1. The van der Waals surface area contributed by atoms with Crippen LogP contribution < -0.4 is 5.32 Å². The number of amides is 1. The predicted octanol–water partition coefficient (Wildman–Crippen LogP) is 1.90. The number of hydrogen-bond acceptors (Lipinski definition) is 3. The maximum Gasteiger partial charge on any atom is 0.225 e. The fourth-order valence-corrected chi connectivity index (χ4v) is 3.90. The Labute approximate surface area is 166 Å². The molecule has 0 aliphatic carbocycles. The Hall–Kier alpha value is -2.15. The van der Waals surface area contributed by atoms with Gasteiger partial charge in [-0.25, -0.2) is 4.39 Å². The van der Waals surface area contributed by atoms with Crippen LogP contribution in [0.5, 0.6) is 0 Å². The molecule has 1 aromatic carbocycles. The number of carbonyl (C=O) groups excluding carboxylic acids is 1. The fourth-order valence-electron chi connectivity index (χ4n) is 3.90. The first-order valence-electron chi connectivity index (χ1n) is 10.2. The standard InChI is InChI=1S/C21H31FN4O2/c1-23-21(24-9-3-5-17-4-2-6-19(22)16-17)26-10-7-18(8-11-26)20(27)25-12-14-28-15-13-25/h2,4,6,16,18H,3,5,7-15H2,1H3,(H,23,24). The Kier molecular flexibility index (Phi) is 7.65. The number of piperidine rings is 1. The van der Waals surface area contributed by atoms with Crippen molar-refractivity contribution < 1.29 is 13.9 Å². The zero-order valence-corrected chi connectivity index (χ0v) is 16.7. The first kappa shape index (κ1) is 20.6. The van der Waals surface area contributed by atoms with Crippen LogP contribution in [0.2, 0.25) is 0 Å². The minimum absolute atomic E-state index is 0.112. The predicted molar refractivity (Wildman–Crippen MR) is 108 cm³/mol. The molecule has 0 radical (unpaired) electrons. The molecule has 0 unspecified atom stereocenters. The van der Waals surface area contributed by atoms with Gasteiger partial charge >= 0.3 is 0 Å². The van der Waals surface area contributed by atoms with Crippen molar-refractivity contribution in [3.05, 3.63) is 35.6 Å². The minimum Gasteiger partial charge on any atom is -0.378 e. The molecule has 2 aliphatic rings. The van der Waals surface area contributed by atoms with Crippen LogP contribution in [-0.2, 0) is 16.0 Å². The van der Waals surface area contributed by atoms with Crippen molar-refractivity contribution in [1.82, 2.24) is 15.1 Å². The molecule has 0 aromatic heterocycles. The van der Waals surface area contributed by atoms with Crippen LogP contribution in [0.4, 0.5) is 4.39 Å². The highest BCUT2D eigenvalue weighted by atomic mass is 19.1. The van der Waals surface area contributed by atoms with Crippen LogP contribution in [0.25, 0.3) is 0 Å². The molecule has 2 saturated heterocycles. The number of ether oxygens (including phenoxy) is 1. The number of rotatable bonds is 5. The zero-order chi connectivity index (χ0) is 19.8. The average Bonchev–Trinajstić information content (AvgIpc) is 2.74. The van der Waals surface area contributed by atoms with Gasteiger partial charge in [0.1, 0.15) is 5.82 Å². The van der Waals surface area contributed by atoms with Crippen molar-refractivity contribution in [2.45, 2.75) is 25.7 Å². The summed E-state index contributed by atoms with van der Waals surface area (Å²) in [5, 5.41) is 3.40. The lowest BCUT2D eigenvalue weighted by molar-refractivity contribution is -0.140. The van der Waals surface area contributed by atoms with Gasteiger partial charge in [-0.3, -0.25) is 9.79 Å². The molecule has 1 N–H and O–H groups in total. The highest BCUT2D eigenvalue weighted by Crippen LogP contribution is 2.20. The quantitative estimate of drug-likeness (QED) is 0.474. The smallest absolute Gasteiger partial charge is 0.225 e. The molecule has 1 amide bonds. The van der Waals surface area contributed by atoms with Crippen molar-refractivity contribution in [3.8, 4) is 0 Å². The SMILES string of the molecule is CN=C(NCCCc1cccc(F)c1)N1CCC(C(=O)N2CCOCC2)CC1. The maximum atomic E-state index is 13.2. The van der Waals surface area contributed by atoms with E-state index in [1.807, 2.05) is 11.0 Å². The number of guanidine groups is 1. The molecule has 6 nitrogen and oxygen atoms in total. The molecule has 0 bridgehead atoms. The third-order valence-corrected chi connectivity index (χ3v) is 5.49. The number of nitrogens with zero attached hydrogens (tertiary/aromatic N) is 3. The summed E-state index contributed by atoms with van der Waals surface area (Å²) in [7, 11) is 1.79. The van der Waals surface area contributed by atoms with E-state index >= 15 is 0 Å². The van der Waals surface area contributed by atoms with Crippen LogP contribution in [-0.4, -0.2) is 74.7 Å². The Bertz CT molecular complexity index is 668. The van der Waals surface area contributed by atoms with E-state index in [9.17, 15) is 9.18 Å². The van der Waals surface area contributed by atoms with Crippen LogP contribution >= 0.6 is 0 Å². The topological polar surface area (TPSA) is 57.2 Å². The molecule has 0 atom stereocenters. The molecule has 28 heavy (non-hydrogen) atoms. The highest BCUT2D eigenvalue weighted by molar-refractivity contribution is 5.81. The van der Waals surface area contributed by atoms with Gasteiger partial charge in [0.15, 0.2) is 5.96 Å². The summed E-state index contributed by atoms with van der Waals surface area (Å²) in [5.74, 6) is 1.09. The van der Waals surface area contributed by atoms with Gasteiger partial charge in [0.2, 0.25) is 5.91 Å². The number of aliphatic imine (C=N–C) groups is 1. The Balaban J connectivity index is 1.39. The molecule has 7 heteroatoms. The average molecular weight is 391 g/mol. The highest BCUT2D eigenvalue weighted by Gasteiger charge is 2.30. The van der Waals surface area contributed by atoms with Crippen LogP contribution in [0.15, 0.2) is 29.3 Å². The first-order chi connectivity index (χ1) is 13.7. The number of carbonyl (C=O) groups is 1. The summed E-state index contributed by atoms with van der Waals surface area (Å²) in [6, 6.07) is 6.76. The molecule has 2 heterocycles. The molecular weight excluding hydrogens is 359 g/mol. The van der Waals surface area contributed by atoms with E-state index in [1.165, 1.54) is 6.07 Å². The molecule has 154 valence electrons. The Morgan fingerprint density at radius 3 is 2.64 bits per heavy atom. The fraction of sp³-hybridized carbons (Fsp3) is 0.619. The molecule has 0 saturated carbocycles. The lowest BCUT2D eigenvalue weighted by atomic mass is 9.95. The van der Waals surface area contributed by atoms with E-state index in [0.717, 1.165) is 56.8 Å². The number of morpholine rings is 1. The third-order valence-electron chi connectivity index (χ3n) is 5.49. The lowest BCUT2D eigenvalue weighted by Crippen LogP contribution is -2.50. The van der Waals surface area contributed by atoms with Crippen molar-refractivity contribution in [2.24, 2.45) is 10.9 Å². The Morgan fingerprint density at radius 1 is 1.21 bits per heavy atom. The van der Waals surface area contributed by atoms with Crippen molar-refractivity contribution in [3.63, 3.8) is 0 Å². The van der Waals surface area contributed by atoms with Crippen LogP contribution in [0, 0.1) is 11.7 Å². The number of aryl methyl sites for hydroxylation is 1. The van der Waals surface area contributed by atoms with Gasteiger partial charge in [-0.1, -0.05) is 12.1 Å². The number of nitrogens with one attached hydrogen (secondary N) is 1. The normalized spacial score (nSPS) is 19.0. The summed E-state index contributed by atoms with van der Waals surface area (Å²) in [5.41, 5.74) is 1.01. The largest absolute Gasteiger partial charge is 0.378 e. The van der Waals surface area contributed by atoms with Crippen LogP contribution in [0.3, 0.4) is 0 Å². The van der Waals surface area contributed by atoms with Crippen molar-refractivity contribution >= 4 is 11.9 Å². The molecule has 2 fully saturated rings. The summed E-state index contributed by atoms with van der Waals surface area (Å²) in [4.78, 5) is 21.2. The number of hydrogen-bond donors (Lipinski definition) is 1. The maximum absolute atomic E-state index is 13.2. The summed E-state index contributed by atoms with van der Waals surface area (Å²) in [6.07, 6.45) is 3.46. The van der Waals surface area contributed by atoms with Gasteiger partial charge in [0.05, 0.1) is 13.2 Å². The van der Waals surface area contributed by atoms with E-state index in [4.69, 9.17) is 4.74 Å². The molecule has 3 rings (SSSR count). The van der Waals surface area contributed by atoms with Gasteiger partial charge in [-0.2, -0.15) is 0 Å². The minimum atomic E-state index is -0.184. The first-order valence-corrected chi connectivity index (χ1v) is 10.2. The number of likely N-dealkylation sites (tertiary alicyclic amines) is 1. The second kappa shape index (κ2) is 10.4. The summed E-state index contributed by atoms with van der Waals surface area (Å²) < 4.78 is 18.6. The van der Waals surface area contributed by atoms with Crippen LogP contribution in [0.1, 0.15) is 24.8 Å². The second-order valence-corrected chi connectivity index (χ2v) is 7.41. The molecule has 1 aromatic rings. The van der Waals surface area contributed by atoms with Gasteiger partial charge in [0, 0.05) is 45.7 Å². The van der Waals surface area contributed by atoms with Gasteiger partial charge in [0.25, 0.3) is 0 Å². The van der Waals surface area contributed by atoms with Gasteiger partial charge in [-0.05, 0) is 43.4 Å². The van der Waals surface area contributed by atoms with E-state index in [-0.39, 0.29) is 17.6 Å². The lowest BCUT2D eigenvalue weighted by Gasteiger charge is -2.36. The molecule has 2 aliphatic heterocycles. The zero-order valence-electron chi connectivity index (χ0n) is 16.7. The van der Waals surface area contributed by atoms with E-state index in [1.54, 1.807) is 19.2 Å². The van der Waals surface area contributed by atoms with E-state index in [0.29, 0.717) is 26.3 Å². The monoisotopic (exact) mass is 390 g/mol. The third kappa shape index (κ3) is 5.67. The second-order valence-electron chi connectivity index (χ2n) is 7.41. The summed E-state index contributed by atoms with van der Waals surface area (Å²) in [6.45, 7) is 5.19. The summed E-state index contributed by atoms with van der Waals surface area (Å²) >= 11 is 0. The van der Waals surface area contributed by atoms with E-state index in [2.05, 4.69) is 15.2 Å². The Morgan fingerprint density at radius 2 is 1.96 bits per heavy atom. The van der Waals surface area contributed by atoms with Crippen molar-refractivity contribution in [2.75, 3.05) is 53.0 Å². The van der Waals surface area contributed by atoms with Gasteiger partial charge in [-0.15, -0.1) is 0 Å². The van der Waals surface area contributed by atoms with Crippen molar-refractivity contribution in [1.29, 1.82) is 0 Å². The number of benzene rings is 1. The molecular formula is C21H31FN4O2. The van der Waals surface area contributed by atoms with Gasteiger partial charge < -0.3 is 19.9 Å². The molecule has 0 spiro atoms. The van der Waals surface area contributed by atoms with E-state index < -0.39 is 0 Å².